The summed E-state index contributed by atoms with van der Waals surface area (Å²) in [5.41, 5.74) is 1.40. The molecular weight excluding hydrogens is 370 g/mol. The molecule has 3 rings (SSSR count). The number of nitrogens with one attached hydrogen (secondary N) is 1. The molecule has 0 unspecified atom stereocenters. The fourth-order valence-electron chi connectivity index (χ4n) is 3.00. The molecule has 0 radical (unpaired) electrons. The lowest BCUT2D eigenvalue weighted by Gasteiger charge is -2.22. The minimum Gasteiger partial charge on any atom is -0.435 e. The highest BCUT2D eigenvalue weighted by Gasteiger charge is 2.31. The Morgan fingerprint density at radius 1 is 0.964 bits per heavy atom. The van der Waals surface area contributed by atoms with Crippen molar-refractivity contribution < 1.29 is 27.9 Å². The van der Waals surface area contributed by atoms with Gasteiger partial charge in [-0.15, -0.1) is 0 Å². The van der Waals surface area contributed by atoms with Gasteiger partial charge in [0.25, 0.3) is 0 Å². The summed E-state index contributed by atoms with van der Waals surface area (Å²) in [4.78, 5) is 36.9. The number of amides is 3. The van der Waals surface area contributed by atoms with Gasteiger partial charge < -0.3 is 10.1 Å². The Hall–Kier alpha value is -3.29. The van der Waals surface area contributed by atoms with Gasteiger partial charge in [0.15, 0.2) is 0 Å². The van der Waals surface area contributed by atoms with Gasteiger partial charge >= 0.3 is 6.61 Å². The second kappa shape index (κ2) is 8.60. The number of likely N-dealkylation sites (tertiary alicyclic amines) is 1. The monoisotopic (exact) mass is 388 g/mol. The lowest BCUT2D eigenvalue weighted by Crippen LogP contribution is -2.41. The molecule has 0 spiro atoms. The van der Waals surface area contributed by atoms with E-state index in [9.17, 15) is 23.2 Å². The topological polar surface area (TPSA) is 75.7 Å². The lowest BCUT2D eigenvalue weighted by atomic mass is 9.98. The minimum absolute atomic E-state index is 0.00477. The highest BCUT2D eigenvalue weighted by molar-refractivity contribution is 6.04. The summed E-state index contributed by atoms with van der Waals surface area (Å²) in [6.07, 6.45) is 0.222. The molecule has 1 heterocycles. The van der Waals surface area contributed by atoms with E-state index >= 15 is 0 Å². The normalized spacial score (nSPS) is 15.0. The van der Waals surface area contributed by atoms with Gasteiger partial charge in [0, 0.05) is 12.8 Å². The molecule has 146 valence electrons. The molecule has 1 N–H and O–H groups in total. The molecule has 1 aliphatic rings. The summed E-state index contributed by atoms with van der Waals surface area (Å²) in [5, 5.41) is 2.80. The Kier molecular flexibility index (Phi) is 5.98. The maximum atomic E-state index is 12.5. The molecule has 3 amide bonds. The third-order valence-electron chi connectivity index (χ3n) is 4.33. The first-order chi connectivity index (χ1) is 13.4. The summed E-state index contributed by atoms with van der Waals surface area (Å²) in [6, 6.07) is 14.4. The Morgan fingerprint density at radius 3 is 2.11 bits per heavy atom. The molecule has 6 nitrogen and oxygen atoms in total. The quantitative estimate of drug-likeness (QED) is 0.740. The summed E-state index contributed by atoms with van der Waals surface area (Å²) in [6.45, 7) is -3.28. The van der Waals surface area contributed by atoms with Crippen LogP contribution in [-0.4, -0.2) is 35.8 Å². The SMILES string of the molecule is O=C(CN1C(=O)CCC1=O)N[C@H](c1ccccc1)c1ccc(OC(F)F)cc1. The fraction of sp³-hybridized carbons (Fsp3) is 0.250. The standard InChI is InChI=1S/C20H18F2N2O4/c21-20(22)28-15-8-6-14(7-9-15)19(13-4-2-1-3-5-13)23-16(25)12-24-17(26)10-11-18(24)27/h1-9,19-20H,10-12H2,(H,23,25)/t19-/m1/s1. The molecule has 8 heteroatoms. The van der Waals surface area contributed by atoms with E-state index in [1.54, 1.807) is 36.4 Å². The number of nitrogens with zero attached hydrogens (tertiary/aromatic N) is 1. The first kappa shape index (κ1) is 19.5. The molecule has 0 aliphatic carbocycles. The van der Waals surface area contributed by atoms with Crippen molar-refractivity contribution in [3.8, 4) is 5.75 Å². The average molecular weight is 388 g/mol. The minimum atomic E-state index is -2.92. The van der Waals surface area contributed by atoms with Gasteiger partial charge in [-0.2, -0.15) is 8.78 Å². The first-order valence-electron chi connectivity index (χ1n) is 8.66. The molecule has 2 aromatic rings. The van der Waals surface area contributed by atoms with Crippen LogP contribution in [0.1, 0.15) is 30.0 Å². The highest BCUT2D eigenvalue weighted by atomic mass is 19.3. The van der Waals surface area contributed by atoms with E-state index in [1.807, 2.05) is 6.07 Å². The van der Waals surface area contributed by atoms with Crippen molar-refractivity contribution in [2.75, 3.05) is 6.54 Å². The van der Waals surface area contributed by atoms with Crippen LogP contribution in [0.4, 0.5) is 8.78 Å². The van der Waals surface area contributed by atoms with E-state index in [2.05, 4.69) is 10.1 Å². The lowest BCUT2D eigenvalue weighted by molar-refractivity contribution is -0.142. The molecule has 0 saturated carbocycles. The number of halogens is 2. The summed E-state index contributed by atoms with van der Waals surface area (Å²) >= 11 is 0. The highest BCUT2D eigenvalue weighted by Crippen LogP contribution is 2.25. The number of imide groups is 1. The van der Waals surface area contributed by atoms with Crippen LogP contribution in [-0.2, 0) is 14.4 Å². The van der Waals surface area contributed by atoms with E-state index in [-0.39, 0.29) is 37.0 Å². The van der Waals surface area contributed by atoms with Gasteiger partial charge in [-0.3, -0.25) is 19.3 Å². The first-order valence-corrected chi connectivity index (χ1v) is 8.66. The Labute approximate surface area is 160 Å². The average Bonchev–Trinajstić information content (AvgIpc) is 2.99. The number of rotatable bonds is 7. The van der Waals surface area contributed by atoms with Crippen LogP contribution >= 0.6 is 0 Å². The molecule has 1 saturated heterocycles. The van der Waals surface area contributed by atoms with Gasteiger partial charge in [0.05, 0.1) is 6.04 Å². The molecule has 2 aromatic carbocycles. The van der Waals surface area contributed by atoms with Crippen molar-refractivity contribution in [1.82, 2.24) is 10.2 Å². The third-order valence-corrected chi connectivity index (χ3v) is 4.33. The van der Waals surface area contributed by atoms with Crippen LogP contribution in [0, 0.1) is 0 Å². The van der Waals surface area contributed by atoms with Crippen molar-refractivity contribution in [1.29, 1.82) is 0 Å². The largest absolute Gasteiger partial charge is 0.435 e. The number of ether oxygens (including phenoxy) is 1. The van der Waals surface area contributed by atoms with E-state index in [1.165, 1.54) is 12.1 Å². The smallest absolute Gasteiger partial charge is 0.387 e. The van der Waals surface area contributed by atoms with Gasteiger partial charge in [0.2, 0.25) is 17.7 Å². The van der Waals surface area contributed by atoms with Crippen molar-refractivity contribution in [3.63, 3.8) is 0 Å². The van der Waals surface area contributed by atoms with Gasteiger partial charge in [0.1, 0.15) is 12.3 Å². The Bertz CT molecular complexity index is 840. The van der Waals surface area contributed by atoms with Crippen LogP contribution in [0.3, 0.4) is 0 Å². The number of carbonyl (C=O) groups is 3. The zero-order chi connectivity index (χ0) is 20.1. The molecule has 1 aliphatic heterocycles. The molecule has 0 bridgehead atoms. The molecular formula is C20H18F2N2O4. The molecule has 1 fully saturated rings. The van der Waals surface area contributed by atoms with E-state index in [4.69, 9.17) is 0 Å². The predicted octanol–water partition coefficient (Wildman–Crippen LogP) is 2.64. The summed E-state index contributed by atoms with van der Waals surface area (Å²) in [7, 11) is 0. The number of alkyl halides is 2. The number of carbonyl (C=O) groups excluding carboxylic acids is 3. The summed E-state index contributed by atoms with van der Waals surface area (Å²) < 4.78 is 29.0. The van der Waals surface area contributed by atoms with Crippen molar-refractivity contribution in [2.24, 2.45) is 0 Å². The van der Waals surface area contributed by atoms with Crippen LogP contribution in [0.2, 0.25) is 0 Å². The summed E-state index contributed by atoms with van der Waals surface area (Å²) in [5.74, 6) is -1.23. The fourth-order valence-corrected chi connectivity index (χ4v) is 3.00. The van der Waals surface area contributed by atoms with Crippen molar-refractivity contribution >= 4 is 17.7 Å². The Balaban J connectivity index is 1.79. The second-order valence-corrected chi connectivity index (χ2v) is 6.23. The van der Waals surface area contributed by atoms with Gasteiger partial charge in [-0.1, -0.05) is 42.5 Å². The van der Waals surface area contributed by atoms with Crippen LogP contribution < -0.4 is 10.1 Å². The van der Waals surface area contributed by atoms with E-state index < -0.39 is 18.6 Å². The maximum Gasteiger partial charge on any atom is 0.387 e. The molecule has 0 aromatic heterocycles. The number of hydrogen-bond donors (Lipinski definition) is 1. The van der Waals surface area contributed by atoms with Crippen molar-refractivity contribution in [3.05, 3.63) is 65.7 Å². The zero-order valence-electron chi connectivity index (χ0n) is 14.8. The number of benzene rings is 2. The zero-order valence-corrected chi connectivity index (χ0v) is 14.8. The van der Waals surface area contributed by atoms with Crippen LogP contribution in [0.5, 0.6) is 5.75 Å². The van der Waals surface area contributed by atoms with Gasteiger partial charge in [-0.05, 0) is 23.3 Å². The van der Waals surface area contributed by atoms with Crippen LogP contribution in [0.15, 0.2) is 54.6 Å². The Morgan fingerprint density at radius 2 is 1.54 bits per heavy atom. The second-order valence-electron chi connectivity index (χ2n) is 6.23. The predicted molar refractivity (Wildman–Crippen MR) is 95.5 cm³/mol. The third kappa shape index (κ3) is 4.70. The molecule has 28 heavy (non-hydrogen) atoms. The van der Waals surface area contributed by atoms with Crippen LogP contribution in [0.25, 0.3) is 0 Å². The number of hydrogen-bond acceptors (Lipinski definition) is 4. The van der Waals surface area contributed by atoms with E-state index in [0.717, 1.165) is 10.5 Å². The van der Waals surface area contributed by atoms with Gasteiger partial charge in [-0.25, -0.2) is 0 Å². The maximum absolute atomic E-state index is 12.5. The van der Waals surface area contributed by atoms with Crippen molar-refractivity contribution in [2.45, 2.75) is 25.5 Å². The van der Waals surface area contributed by atoms with E-state index in [0.29, 0.717) is 5.56 Å². The molecule has 1 atom stereocenters.